The molecule has 1 aromatic rings. The van der Waals surface area contributed by atoms with Crippen molar-refractivity contribution in [2.45, 2.75) is 38.6 Å². The number of piperidine rings is 1. The van der Waals surface area contributed by atoms with Gasteiger partial charge in [0.1, 0.15) is 12.3 Å². The first kappa shape index (κ1) is 19.7. The van der Waals surface area contributed by atoms with Crippen molar-refractivity contribution in [1.82, 2.24) is 15.1 Å². The minimum atomic E-state index is -0.457. The highest BCUT2D eigenvalue weighted by Crippen LogP contribution is 2.22. The number of hydrogen-bond acceptors (Lipinski definition) is 5. The maximum Gasteiger partial charge on any atom is 0.262 e. The molecule has 28 heavy (non-hydrogen) atoms. The van der Waals surface area contributed by atoms with Crippen LogP contribution in [0.3, 0.4) is 0 Å². The first-order valence-corrected chi connectivity index (χ1v) is 9.38. The van der Waals surface area contributed by atoms with Gasteiger partial charge in [-0.3, -0.25) is 24.1 Å². The molecule has 0 saturated carbocycles. The molecule has 0 spiro atoms. The van der Waals surface area contributed by atoms with Crippen molar-refractivity contribution in [3.63, 3.8) is 0 Å². The molecule has 0 aromatic heterocycles. The summed E-state index contributed by atoms with van der Waals surface area (Å²) in [6.07, 6.45) is 1.65. The SMILES string of the molecule is CC(=O)CCC(=O)N1CCC(NC(=O)CN2C(=O)c3ccccc3C2=O)CC1. The van der Waals surface area contributed by atoms with E-state index in [1.54, 1.807) is 29.2 Å². The predicted octanol–water partition coefficient (Wildman–Crippen LogP) is 0.759. The molecule has 2 aliphatic rings. The number of ketones is 1. The smallest absolute Gasteiger partial charge is 0.262 e. The summed E-state index contributed by atoms with van der Waals surface area (Å²) < 4.78 is 0. The van der Waals surface area contributed by atoms with Crippen LogP contribution in [0.1, 0.15) is 53.3 Å². The van der Waals surface area contributed by atoms with E-state index in [2.05, 4.69) is 5.32 Å². The van der Waals surface area contributed by atoms with Gasteiger partial charge in [0.25, 0.3) is 11.8 Å². The largest absolute Gasteiger partial charge is 0.352 e. The Bertz CT molecular complexity index is 792. The van der Waals surface area contributed by atoms with Crippen molar-refractivity contribution in [3.8, 4) is 0 Å². The number of rotatable bonds is 6. The Labute approximate surface area is 162 Å². The second-order valence-corrected chi connectivity index (χ2v) is 7.17. The molecule has 2 aliphatic heterocycles. The van der Waals surface area contributed by atoms with Crippen LogP contribution < -0.4 is 5.32 Å². The number of imide groups is 1. The molecule has 4 amide bonds. The summed E-state index contributed by atoms with van der Waals surface area (Å²) in [5, 5.41) is 2.85. The Morgan fingerprint density at radius 1 is 1.00 bits per heavy atom. The number of Topliss-reactive ketones (excluding diaryl/α,β-unsaturated/α-hetero) is 1. The van der Waals surface area contributed by atoms with Gasteiger partial charge in [0.05, 0.1) is 11.1 Å². The van der Waals surface area contributed by atoms with E-state index in [9.17, 15) is 24.0 Å². The maximum atomic E-state index is 12.3. The van der Waals surface area contributed by atoms with Crippen LogP contribution in [0.15, 0.2) is 24.3 Å². The van der Waals surface area contributed by atoms with Gasteiger partial charge in [-0.1, -0.05) is 12.1 Å². The van der Waals surface area contributed by atoms with E-state index in [1.807, 2.05) is 0 Å². The predicted molar refractivity (Wildman–Crippen MR) is 99.5 cm³/mol. The van der Waals surface area contributed by atoms with Gasteiger partial charge < -0.3 is 15.0 Å². The van der Waals surface area contributed by atoms with Gasteiger partial charge >= 0.3 is 0 Å². The van der Waals surface area contributed by atoms with Crippen molar-refractivity contribution >= 4 is 29.4 Å². The number of nitrogens with one attached hydrogen (secondary N) is 1. The highest BCUT2D eigenvalue weighted by atomic mass is 16.2. The van der Waals surface area contributed by atoms with Crippen LogP contribution in [-0.4, -0.2) is 64.9 Å². The molecule has 1 fully saturated rings. The number of nitrogens with zero attached hydrogens (tertiary/aromatic N) is 2. The number of carbonyl (C=O) groups is 5. The zero-order valence-corrected chi connectivity index (χ0v) is 15.8. The molecule has 0 bridgehead atoms. The quantitative estimate of drug-likeness (QED) is 0.728. The van der Waals surface area contributed by atoms with Gasteiger partial charge in [-0.2, -0.15) is 0 Å². The number of amides is 4. The third-order valence-electron chi connectivity index (χ3n) is 5.08. The molecule has 1 aromatic carbocycles. The summed E-state index contributed by atoms with van der Waals surface area (Å²) in [6, 6.07) is 6.40. The molecular weight excluding hydrogens is 362 g/mol. The van der Waals surface area contributed by atoms with Crippen LogP contribution in [0.5, 0.6) is 0 Å². The number of hydrogen-bond donors (Lipinski definition) is 1. The van der Waals surface area contributed by atoms with E-state index in [1.165, 1.54) is 6.92 Å². The molecule has 8 nitrogen and oxygen atoms in total. The van der Waals surface area contributed by atoms with Gasteiger partial charge in [0.15, 0.2) is 0 Å². The molecular formula is C20H23N3O5. The zero-order valence-electron chi connectivity index (χ0n) is 15.8. The normalized spacial score (nSPS) is 16.9. The lowest BCUT2D eigenvalue weighted by atomic mass is 10.0. The Balaban J connectivity index is 1.47. The second-order valence-electron chi connectivity index (χ2n) is 7.17. The minimum absolute atomic E-state index is 0.0105. The summed E-state index contributed by atoms with van der Waals surface area (Å²) >= 11 is 0. The molecule has 3 rings (SSSR count). The van der Waals surface area contributed by atoms with Crippen LogP contribution >= 0.6 is 0 Å². The average Bonchev–Trinajstić information content (AvgIpc) is 2.92. The Morgan fingerprint density at radius 2 is 1.57 bits per heavy atom. The van der Waals surface area contributed by atoms with Gasteiger partial charge in [0, 0.05) is 32.0 Å². The monoisotopic (exact) mass is 385 g/mol. The Hall–Kier alpha value is -3.03. The molecule has 1 N–H and O–H groups in total. The van der Waals surface area contributed by atoms with Gasteiger partial charge in [-0.25, -0.2) is 0 Å². The van der Waals surface area contributed by atoms with E-state index < -0.39 is 17.7 Å². The van der Waals surface area contributed by atoms with Gasteiger partial charge in [-0.15, -0.1) is 0 Å². The highest BCUT2D eigenvalue weighted by molar-refractivity contribution is 6.22. The van der Waals surface area contributed by atoms with E-state index in [-0.39, 0.29) is 37.1 Å². The third-order valence-corrected chi connectivity index (χ3v) is 5.08. The van der Waals surface area contributed by atoms with Crippen LogP contribution in [0, 0.1) is 0 Å². The number of carbonyl (C=O) groups excluding carboxylic acids is 5. The van der Waals surface area contributed by atoms with Crippen molar-refractivity contribution in [1.29, 1.82) is 0 Å². The zero-order chi connectivity index (χ0) is 20.3. The Kier molecular flexibility index (Phi) is 5.87. The number of likely N-dealkylation sites (tertiary alicyclic amines) is 1. The maximum absolute atomic E-state index is 12.3. The summed E-state index contributed by atoms with van der Waals surface area (Å²) in [6.45, 7) is 2.16. The second kappa shape index (κ2) is 8.33. The van der Waals surface area contributed by atoms with Crippen molar-refractivity contribution in [3.05, 3.63) is 35.4 Å². The highest BCUT2D eigenvalue weighted by Gasteiger charge is 2.36. The summed E-state index contributed by atoms with van der Waals surface area (Å²) in [5.41, 5.74) is 0.635. The number of benzene rings is 1. The van der Waals surface area contributed by atoms with Crippen molar-refractivity contribution in [2.75, 3.05) is 19.6 Å². The molecule has 148 valence electrons. The summed E-state index contributed by atoms with van der Waals surface area (Å²) in [5.74, 6) is -1.37. The molecule has 0 radical (unpaired) electrons. The summed E-state index contributed by atoms with van der Waals surface area (Å²) in [7, 11) is 0. The van der Waals surface area contributed by atoms with E-state index >= 15 is 0 Å². The van der Waals surface area contributed by atoms with Crippen LogP contribution in [-0.2, 0) is 14.4 Å². The van der Waals surface area contributed by atoms with Crippen molar-refractivity contribution in [2.24, 2.45) is 0 Å². The lowest BCUT2D eigenvalue weighted by molar-refractivity contribution is -0.134. The fourth-order valence-electron chi connectivity index (χ4n) is 3.51. The van der Waals surface area contributed by atoms with E-state index in [4.69, 9.17) is 0 Å². The molecule has 2 heterocycles. The topological polar surface area (TPSA) is 104 Å². The van der Waals surface area contributed by atoms with Crippen LogP contribution in [0.4, 0.5) is 0 Å². The van der Waals surface area contributed by atoms with E-state index in [0.717, 1.165) is 4.90 Å². The van der Waals surface area contributed by atoms with E-state index in [0.29, 0.717) is 37.1 Å². The lowest BCUT2D eigenvalue weighted by Gasteiger charge is -2.32. The molecule has 0 atom stereocenters. The minimum Gasteiger partial charge on any atom is -0.352 e. The van der Waals surface area contributed by atoms with Crippen LogP contribution in [0.2, 0.25) is 0 Å². The molecule has 1 saturated heterocycles. The van der Waals surface area contributed by atoms with Gasteiger partial charge in [0.2, 0.25) is 11.8 Å². The third kappa shape index (κ3) is 4.27. The Morgan fingerprint density at radius 3 is 2.11 bits per heavy atom. The summed E-state index contributed by atoms with van der Waals surface area (Å²) in [4.78, 5) is 62.7. The van der Waals surface area contributed by atoms with Crippen LogP contribution in [0.25, 0.3) is 0 Å². The first-order valence-electron chi connectivity index (χ1n) is 9.38. The molecule has 0 unspecified atom stereocenters. The number of fused-ring (bicyclic) bond motifs is 1. The lowest BCUT2D eigenvalue weighted by Crippen LogP contribution is -2.49. The van der Waals surface area contributed by atoms with Crippen molar-refractivity contribution < 1.29 is 24.0 Å². The fourth-order valence-corrected chi connectivity index (χ4v) is 3.51. The standard InChI is InChI=1S/C20H23N3O5/c1-13(24)6-7-18(26)22-10-8-14(9-11-22)21-17(25)12-23-19(27)15-4-2-3-5-16(15)20(23)28/h2-5,14H,6-12H2,1H3,(H,21,25). The van der Waals surface area contributed by atoms with Gasteiger partial charge in [-0.05, 0) is 31.9 Å². The molecule has 0 aliphatic carbocycles. The average molecular weight is 385 g/mol. The first-order chi connectivity index (χ1) is 13.4. The molecule has 8 heteroatoms. The fraction of sp³-hybridized carbons (Fsp3) is 0.450.